The minimum Gasteiger partial charge on any atom is -0.472 e. The number of hydrogen-bond donors (Lipinski definition) is 0. The van der Waals surface area contributed by atoms with Gasteiger partial charge < -0.3 is 18.6 Å². The van der Waals surface area contributed by atoms with Gasteiger partial charge in [-0.2, -0.15) is 0 Å². The second-order valence-electron chi connectivity index (χ2n) is 6.95. The number of nitrogens with zero attached hydrogens (tertiary/aromatic N) is 3. The van der Waals surface area contributed by atoms with Crippen LogP contribution >= 0.6 is 0 Å². The zero-order valence-electron chi connectivity index (χ0n) is 14.6. The number of carbonyl (C=O) groups is 1. The largest absolute Gasteiger partial charge is 0.472 e. The van der Waals surface area contributed by atoms with E-state index in [-0.39, 0.29) is 12.0 Å². The smallest absolute Gasteiger partial charge is 0.259 e. The van der Waals surface area contributed by atoms with Crippen LogP contribution in [0.2, 0.25) is 0 Å². The maximum Gasteiger partial charge on any atom is 0.259 e. The summed E-state index contributed by atoms with van der Waals surface area (Å²) in [7, 11) is 0. The van der Waals surface area contributed by atoms with Crippen molar-refractivity contribution < 1.29 is 18.5 Å². The molecule has 0 bridgehead atoms. The maximum atomic E-state index is 12.9. The number of aryl methyl sites for hydroxylation is 2. The minimum absolute atomic E-state index is 0.00527. The Hall–Kier alpha value is -2.12. The van der Waals surface area contributed by atoms with Crippen LogP contribution in [-0.2, 0) is 11.3 Å². The van der Waals surface area contributed by atoms with Crippen molar-refractivity contribution in [3.63, 3.8) is 0 Å². The van der Waals surface area contributed by atoms with E-state index >= 15 is 0 Å². The normalized spacial score (nSPS) is 24.3. The average molecular weight is 345 g/mol. The molecule has 2 fully saturated rings. The first kappa shape index (κ1) is 16.4. The Morgan fingerprint density at radius 3 is 2.92 bits per heavy atom. The lowest BCUT2D eigenvalue weighted by Crippen LogP contribution is -2.34. The van der Waals surface area contributed by atoms with Gasteiger partial charge in [-0.05, 0) is 19.9 Å². The highest BCUT2D eigenvalue weighted by molar-refractivity contribution is 5.96. The van der Waals surface area contributed by atoms with Crippen molar-refractivity contribution in [2.75, 3.05) is 32.8 Å². The lowest BCUT2D eigenvalue weighted by Gasteiger charge is -2.22. The Morgan fingerprint density at radius 2 is 2.20 bits per heavy atom. The van der Waals surface area contributed by atoms with Crippen molar-refractivity contribution >= 4 is 5.91 Å². The zero-order valence-corrected chi connectivity index (χ0v) is 14.6. The van der Waals surface area contributed by atoms with Crippen LogP contribution in [-0.4, -0.2) is 59.8 Å². The molecule has 0 N–H and O–H groups in total. The van der Waals surface area contributed by atoms with Gasteiger partial charge in [0.15, 0.2) is 0 Å². The Balaban J connectivity index is 1.44. The maximum absolute atomic E-state index is 12.9. The molecule has 0 aliphatic carbocycles. The number of rotatable bonds is 3. The van der Waals surface area contributed by atoms with Crippen molar-refractivity contribution in [1.82, 2.24) is 15.0 Å². The molecule has 0 aromatic carbocycles. The van der Waals surface area contributed by atoms with Gasteiger partial charge in [-0.15, -0.1) is 0 Å². The second-order valence-corrected chi connectivity index (χ2v) is 6.95. The van der Waals surface area contributed by atoms with Crippen molar-refractivity contribution in [1.29, 1.82) is 0 Å². The lowest BCUT2D eigenvalue weighted by molar-refractivity contribution is 0.0483. The van der Waals surface area contributed by atoms with Crippen LogP contribution in [0, 0.1) is 19.8 Å². The van der Waals surface area contributed by atoms with Gasteiger partial charge >= 0.3 is 0 Å². The predicted octanol–water partition coefficient (Wildman–Crippen LogP) is 1.86. The molecule has 134 valence electrons. The number of ether oxygens (including phenoxy) is 1. The van der Waals surface area contributed by atoms with Crippen LogP contribution in [0.25, 0.3) is 0 Å². The van der Waals surface area contributed by atoms with Crippen LogP contribution in [0.15, 0.2) is 27.5 Å². The van der Waals surface area contributed by atoms with Crippen molar-refractivity contribution in [2.45, 2.75) is 26.5 Å². The summed E-state index contributed by atoms with van der Waals surface area (Å²) in [6.45, 7) is 8.28. The molecule has 4 rings (SSSR count). The summed E-state index contributed by atoms with van der Waals surface area (Å²) in [6, 6.07) is 1.99. The number of furan rings is 1. The fourth-order valence-electron chi connectivity index (χ4n) is 3.86. The third-order valence-electron chi connectivity index (χ3n) is 5.13. The molecule has 2 aromatic rings. The summed E-state index contributed by atoms with van der Waals surface area (Å²) < 4.78 is 16.3. The molecule has 0 spiro atoms. The molecule has 4 heterocycles. The monoisotopic (exact) mass is 345 g/mol. The quantitative estimate of drug-likeness (QED) is 0.845. The molecule has 0 saturated carbocycles. The highest BCUT2D eigenvalue weighted by atomic mass is 16.5. The molecule has 7 nitrogen and oxygen atoms in total. The highest BCUT2D eigenvalue weighted by Crippen LogP contribution is 2.27. The Morgan fingerprint density at radius 1 is 1.32 bits per heavy atom. The number of likely N-dealkylation sites (tertiary alicyclic amines) is 1. The third kappa shape index (κ3) is 3.21. The summed E-state index contributed by atoms with van der Waals surface area (Å²) >= 11 is 0. The zero-order chi connectivity index (χ0) is 17.4. The summed E-state index contributed by atoms with van der Waals surface area (Å²) in [5.74, 6) is 0.894. The SMILES string of the molecule is Cc1noc(C)c1C(=O)N1C[C@@H]2CN(Cc3ccoc3)CCO[C@@H]2C1. The van der Waals surface area contributed by atoms with E-state index in [1.165, 1.54) is 5.56 Å². The molecular weight excluding hydrogens is 322 g/mol. The standard InChI is InChI=1S/C18H23N3O4/c1-12-17(13(2)25-19-12)18(22)21-9-15-8-20(4-6-24-16(15)10-21)7-14-3-5-23-11-14/h3,5,11,15-16H,4,6-10H2,1-2H3/t15-,16+/m0/s1. The van der Waals surface area contributed by atoms with E-state index in [1.807, 2.05) is 11.0 Å². The van der Waals surface area contributed by atoms with Crippen LogP contribution in [0.4, 0.5) is 0 Å². The van der Waals surface area contributed by atoms with E-state index in [4.69, 9.17) is 13.7 Å². The summed E-state index contributed by atoms with van der Waals surface area (Å²) in [4.78, 5) is 17.1. The van der Waals surface area contributed by atoms with Gasteiger partial charge in [0.2, 0.25) is 0 Å². The molecule has 1 amide bonds. The first-order valence-corrected chi connectivity index (χ1v) is 8.69. The number of amides is 1. The van der Waals surface area contributed by atoms with Crippen LogP contribution in [0.1, 0.15) is 27.4 Å². The van der Waals surface area contributed by atoms with E-state index in [1.54, 1.807) is 26.4 Å². The molecule has 25 heavy (non-hydrogen) atoms. The Kier molecular flexibility index (Phi) is 4.35. The van der Waals surface area contributed by atoms with Gasteiger partial charge in [0.1, 0.15) is 11.3 Å². The molecular formula is C18H23N3O4. The van der Waals surface area contributed by atoms with Gasteiger partial charge in [0.25, 0.3) is 5.91 Å². The molecule has 2 saturated heterocycles. The molecule has 0 radical (unpaired) electrons. The molecule has 2 atom stereocenters. The van der Waals surface area contributed by atoms with Crippen molar-refractivity contribution in [3.05, 3.63) is 41.2 Å². The number of carbonyl (C=O) groups excluding carboxylic acids is 1. The summed E-state index contributed by atoms with van der Waals surface area (Å²) in [5.41, 5.74) is 2.41. The molecule has 7 heteroatoms. The van der Waals surface area contributed by atoms with E-state index in [9.17, 15) is 4.79 Å². The number of aromatic nitrogens is 1. The number of hydrogen-bond acceptors (Lipinski definition) is 6. The predicted molar refractivity (Wildman–Crippen MR) is 89.1 cm³/mol. The van der Waals surface area contributed by atoms with Crippen LogP contribution < -0.4 is 0 Å². The van der Waals surface area contributed by atoms with E-state index in [0.717, 1.165) is 19.6 Å². The summed E-state index contributed by atoms with van der Waals surface area (Å²) in [5, 5.41) is 3.90. The molecule has 0 unspecified atom stereocenters. The third-order valence-corrected chi connectivity index (χ3v) is 5.13. The van der Waals surface area contributed by atoms with Gasteiger partial charge in [0.05, 0.1) is 30.9 Å². The van der Waals surface area contributed by atoms with Gasteiger partial charge in [0, 0.05) is 44.2 Å². The van der Waals surface area contributed by atoms with Gasteiger partial charge in [-0.3, -0.25) is 9.69 Å². The highest BCUT2D eigenvalue weighted by Gasteiger charge is 2.39. The summed E-state index contributed by atoms with van der Waals surface area (Å²) in [6.07, 6.45) is 3.58. The molecule has 2 aromatic heterocycles. The first-order chi connectivity index (χ1) is 12.1. The van der Waals surface area contributed by atoms with Crippen LogP contribution in [0.3, 0.4) is 0 Å². The van der Waals surface area contributed by atoms with Gasteiger partial charge in [-0.25, -0.2) is 0 Å². The Bertz CT molecular complexity index is 720. The lowest BCUT2D eigenvalue weighted by atomic mass is 10.1. The first-order valence-electron chi connectivity index (χ1n) is 8.69. The van der Waals surface area contributed by atoms with Crippen molar-refractivity contribution in [3.8, 4) is 0 Å². The van der Waals surface area contributed by atoms with Gasteiger partial charge in [-0.1, -0.05) is 5.16 Å². The van der Waals surface area contributed by atoms with E-state index in [2.05, 4.69) is 10.1 Å². The average Bonchev–Trinajstić information content (AvgIpc) is 3.27. The minimum atomic E-state index is -0.00527. The van der Waals surface area contributed by atoms with E-state index < -0.39 is 0 Å². The van der Waals surface area contributed by atoms with E-state index in [0.29, 0.717) is 42.6 Å². The fourth-order valence-corrected chi connectivity index (χ4v) is 3.86. The number of fused-ring (bicyclic) bond motifs is 1. The van der Waals surface area contributed by atoms with Crippen molar-refractivity contribution in [2.24, 2.45) is 5.92 Å². The molecule has 2 aliphatic rings. The second kappa shape index (κ2) is 6.65. The topological polar surface area (TPSA) is 72.0 Å². The fraction of sp³-hybridized carbons (Fsp3) is 0.556. The Labute approximate surface area is 146 Å². The van der Waals surface area contributed by atoms with Crippen LogP contribution in [0.5, 0.6) is 0 Å². The molecule has 2 aliphatic heterocycles.